The Labute approximate surface area is 193 Å². The highest BCUT2D eigenvalue weighted by Gasteiger charge is 2.13. The number of amides is 2. The van der Waals surface area contributed by atoms with Crippen molar-refractivity contribution in [2.75, 3.05) is 51.9 Å². The molecule has 0 radical (unpaired) electrons. The normalized spacial score (nSPS) is 14.2. The second-order valence-electron chi connectivity index (χ2n) is 7.73. The van der Waals surface area contributed by atoms with E-state index in [2.05, 4.69) is 15.8 Å². The van der Waals surface area contributed by atoms with Gasteiger partial charge in [0.1, 0.15) is 0 Å². The van der Waals surface area contributed by atoms with E-state index in [0.29, 0.717) is 30.3 Å². The number of aryl methyl sites for hydroxylation is 2. The third-order valence-electron chi connectivity index (χ3n) is 5.21. The molecule has 1 aliphatic rings. The molecule has 1 saturated heterocycles. The van der Waals surface area contributed by atoms with Crippen LogP contribution in [-0.2, 0) is 14.3 Å². The van der Waals surface area contributed by atoms with E-state index in [9.17, 15) is 9.59 Å². The van der Waals surface area contributed by atoms with Gasteiger partial charge in [0, 0.05) is 18.8 Å². The van der Waals surface area contributed by atoms with Crippen LogP contribution in [0.1, 0.15) is 16.7 Å². The molecule has 0 atom stereocenters. The average molecular weight is 455 g/mol. The summed E-state index contributed by atoms with van der Waals surface area (Å²) in [6.45, 7) is 6.87. The predicted octanol–water partition coefficient (Wildman–Crippen LogP) is 2.11. The van der Waals surface area contributed by atoms with E-state index < -0.39 is 0 Å². The van der Waals surface area contributed by atoms with Gasteiger partial charge < -0.3 is 19.5 Å². The number of carbonyl (C=O) groups is 2. The zero-order valence-corrected chi connectivity index (χ0v) is 19.2. The van der Waals surface area contributed by atoms with Gasteiger partial charge in [-0.3, -0.25) is 14.5 Å². The lowest BCUT2D eigenvalue weighted by Crippen LogP contribution is -2.42. The van der Waals surface area contributed by atoms with Crippen molar-refractivity contribution in [3.8, 4) is 11.5 Å². The third kappa shape index (κ3) is 7.58. The topological polar surface area (TPSA) is 101 Å². The number of benzene rings is 2. The molecule has 3 rings (SSSR count). The minimum atomic E-state index is -0.270. The molecule has 1 fully saturated rings. The number of hydrazone groups is 1. The maximum atomic E-state index is 12.2. The van der Waals surface area contributed by atoms with Gasteiger partial charge in [0.2, 0.25) is 0 Å². The molecule has 9 heteroatoms. The molecule has 0 unspecified atom stereocenters. The standard InChI is InChI=1S/C24H30N4O5/c1-17-4-6-20(12-18(17)2)26-24(30)16-33-21-7-5-19(13-22(21)31-3)14-25-27-23(29)15-28-8-10-32-11-9-28/h4-7,12-14H,8-11,15-16H2,1-3H3,(H,26,30)(H,27,29)/b25-14-. The number of ether oxygens (including phenoxy) is 3. The molecule has 1 heterocycles. The first kappa shape index (κ1) is 24.2. The van der Waals surface area contributed by atoms with Crippen LogP contribution in [-0.4, -0.2) is 69.5 Å². The Morgan fingerprint density at radius 2 is 1.85 bits per heavy atom. The smallest absolute Gasteiger partial charge is 0.262 e. The summed E-state index contributed by atoms with van der Waals surface area (Å²) in [5.41, 5.74) is 6.22. The Morgan fingerprint density at radius 3 is 2.58 bits per heavy atom. The van der Waals surface area contributed by atoms with Crippen LogP contribution in [0.25, 0.3) is 0 Å². The van der Waals surface area contributed by atoms with Gasteiger partial charge in [-0.1, -0.05) is 6.07 Å². The van der Waals surface area contributed by atoms with E-state index in [1.807, 2.05) is 36.9 Å². The van der Waals surface area contributed by atoms with Gasteiger partial charge in [0.05, 0.1) is 33.1 Å². The maximum Gasteiger partial charge on any atom is 0.262 e. The number of morpholine rings is 1. The Hall–Kier alpha value is -3.43. The summed E-state index contributed by atoms with van der Waals surface area (Å²) in [4.78, 5) is 26.3. The number of methoxy groups -OCH3 is 1. The molecule has 2 aromatic rings. The van der Waals surface area contributed by atoms with E-state index in [1.165, 1.54) is 13.3 Å². The molecule has 176 valence electrons. The summed E-state index contributed by atoms with van der Waals surface area (Å²) in [6, 6.07) is 10.9. The molecular formula is C24H30N4O5. The molecule has 2 aromatic carbocycles. The third-order valence-corrected chi connectivity index (χ3v) is 5.21. The minimum absolute atomic E-state index is 0.158. The monoisotopic (exact) mass is 454 g/mol. The lowest BCUT2D eigenvalue weighted by molar-refractivity contribution is -0.123. The largest absolute Gasteiger partial charge is 0.493 e. The van der Waals surface area contributed by atoms with Crippen molar-refractivity contribution >= 4 is 23.7 Å². The van der Waals surface area contributed by atoms with Gasteiger partial charge in [-0.05, 0) is 60.9 Å². The van der Waals surface area contributed by atoms with Crippen molar-refractivity contribution in [1.29, 1.82) is 0 Å². The van der Waals surface area contributed by atoms with Crippen LogP contribution in [0.2, 0.25) is 0 Å². The Kier molecular flexibility index (Phi) is 8.79. The molecule has 1 aliphatic heterocycles. The quantitative estimate of drug-likeness (QED) is 0.445. The van der Waals surface area contributed by atoms with Crippen LogP contribution in [0.4, 0.5) is 5.69 Å². The molecule has 33 heavy (non-hydrogen) atoms. The Balaban J connectivity index is 1.50. The number of hydrogen-bond acceptors (Lipinski definition) is 7. The van der Waals surface area contributed by atoms with Crippen molar-refractivity contribution in [2.45, 2.75) is 13.8 Å². The second-order valence-corrected chi connectivity index (χ2v) is 7.73. The van der Waals surface area contributed by atoms with Crippen molar-refractivity contribution in [3.05, 3.63) is 53.1 Å². The summed E-state index contributed by atoms with van der Waals surface area (Å²) in [5, 5.41) is 6.82. The maximum absolute atomic E-state index is 12.2. The first-order valence-electron chi connectivity index (χ1n) is 10.7. The highest BCUT2D eigenvalue weighted by Crippen LogP contribution is 2.27. The molecule has 0 saturated carbocycles. The van der Waals surface area contributed by atoms with Gasteiger partial charge >= 0.3 is 0 Å². The first-order valence-corrected chi connectivity index (χ1v) is 10.7. The molecular weight excluding hydrogens is 424 g/mol. The lowest BCUT2D eigenvalue weighted by Gasteiger charge is -2.25. The number of hydrogen-bond donors (Lipinski definition) is 2. The predicted molar refractivity (Wildman–Crippen MR) is 126 cm³/mol. The van der Waals surface area contributed by atoms with Crippen LogP contribution in [0.5, 0.6) is 11.5 Å². The van der Waals surface area contributed by atoms with E-state index >= 15 is 0 Å². The van der Waals surface area contributed by atoms with E-state index in [4.69, 9.17) is 14.2 Å². The van der Waals surface area contributed by atoms with Crippen LogP contribution in [0.15, 0.2) is 41.5 Å². The number of carbonyl (C=O) groups excluding carboxylic acids is 2. The molecule has 0 aliphatic carbocycles. The number of nitrogens with zero attached hydrogens (tertiary/aromatic N) is 2. The summed E-state index contributed by atoms with van der Waals surface area (Å²) < 4.78 is 16.3. The summed E-state index contributed by atoms with van der Waals surface area (Å²) >= 11 is 0. The zero-order chi connectivity index (χ0) is 23.6. The SMILES string of the molecule is COc1cc(/C=N\NC(=O)CN2CCOCC2)ccc1OCC(=O)Nc1ccc(C)c(C)c1. The van der Waals surface area contributed by atoms with Crippen LogP contribution >= 0.6 is 0 Å². The molecule has 0 bridgehead atoms. The molecule has 2 N–H and O–H groups in total. The van der Waals surface area contributed by atoms with Crippen LogP contribution in [0, 0.1) is 13.8 Å². The summed E-state index contributed by atoms with van der Waals surface area (Å²) in [7, 11) is 1.52. The average Bonchev–Trinajstić information content (AvgIpc) is 2.81. The molecule has 9 nitrogen and oxygen atoms in total. The fraction of sp³-hybridized carbons (Fsp3) is 0.375. The fourth-order valence-corrected chi connectivity index (χ4v) is 3.22. The molecule has 0 aromatic heterocycles. The highest BCUT2D eigenvalue weighted by molar-refractivity contribution is 5.92. The van der Waals surface area contributed by atoms with E-state index in [1.54, 1.807) is 18.2 Å². The second kappa shape index (κ2) is 12.0. The molecule has 2 amide bonds. The van der Waals surface area contributed by atoms with Crippen molar-refractivity contribution in [3.63, 3.8) is 0 Å². The van der Waals surface area contributed by atoms with Gasteiger partial charge in [-0.25, -0.2) is 5.43 Å². The van der Waals surface area contributed by atoms with Gasteiger partial charge in [0.25, 0.3) is 11.8 Å². The first-order chi connectivity index (χ1) is 15.9. The number of anilines is 1. The van der Waals surface area contributed by atoms with Crippen molar-refractivity contribution in [2.24, 2.45) is 5.10 Å². The Morgan fingerprint density at radius 1 is 1.06 bits per heavy atom. The lowest BCUT2D eigenvalue weighted by atomic mass is 10.1. The number of rotatable bonds is 9. The van der Waals surface area contributed by atoms with Crippen LogP contribution < -0.4 is 20.2 Å². The van der Waals surface area contributed by atoms with E-state index in [-0.39, 0.29) is 25.0 Å². The van der Waals surface area contributed by atoms with Gasteiger partial charge in [0.15, 0.2) is 18.1 Å². The minimum Gasteiger partial charge on any atom is -0.493 e. The summed E-state index contributed by atoms with van der Waals surface area (Å²) in [5.74, 6) is 0.433. The fourth-order valence-electron chi connectivity index (χ4n) is 3.22. The zero-order valence-electron chi connectivity index (χ0n) is 19.2. The van der Waals surface area contributed by atoms with E-state index in [0.717, 1.165) is 29.9 Å². The van der Waals surface area contributed by atoms with Crippen LogP contribution in [0.3, 0.4) is 0 Å². The van der Waals surface area contributed by atoms with Crippen molar-refractivity contribution in [1.82, 2.24) is 10.3 Å². The van der Waals surface area contributed by atoms with Gasteiger partial charge in [-0.2, -0.15) is 5.10 Å². The van der Waals surface area contributed by atoms with Crippen molar-refractivity contribution < 1.29 is 23.8 Å². The molecule has 0 spiro atoms. The number of nitrogens with one attached hydrogen (secondary N) is 2. The van der Waals surface area contributed by atoms with Gasteiger partial charge in [-0.15, -0.1) is 0 Å². The summed E-state index contributed by atoms with van der Waals surface area (Å²) in [6.07, 6.45) is 1.52. The Bertz CT molecular complexity index is 1000. The highest BCUT2D eigenvalue weighted by atomic mass is 16.5.